The van der Waals surface area contributed by atoms with Gasteiger partial charge in [-0.25, -0.2) is 9.80 Å². The van der Waals surface area contributed by atoms with E-state index in [0.717, 1.165) is 31.5 Å². The first-order chi connectivity index (χ1) is 11.8. The van der Waals surface area contributed by atoms with E-state index < -0.39 is 11.7 Å². The Hall–Kier alpha value is -2.08. The molecule has 6 nitrogen and oxygen atoms in total. The molecule has 138 valence electrons. The smallest absolute Gasteiger partial charge is 0.407 e. The van der Waals surface area contributed by atoms with Crippen LogP contribution in [0.2, 0.25) is 0 Å². The predicted molar refractivity (Wildman–Crippen MR) is 97.0 cm³/mol. The molecule has 2 amide bonds. The van der Waals surface area contributed by atoms with Crippen molar-refractivity contribution in [3.05, 3.63) is 35.4 Å². The number of rotatable bonds is 5. The van der Waals surface area contributed by atoms with Crippen molar-refractivity contribution in [1.29, 1.82) is 0 Å². The van der Waals surface area contributed by atoms with Gasteiger partial charge in [-0.1, -0.05) is 12.1 Å². The van der Waals surface area contributed by atoms with Gasteiger partial charge in [0.2, 0.25) is 0 Å². The first kappa shape index (κ1) is 19.2. The molecular weight excluding hydrogens is 318 g/mol. The summed E-state index contributed by atoms with van der Waals surface area (Å²) in [7, 11) is 0. The zero-order valence-corrected chi connectivity index (χ0v) is 15.7. The first-order valence-corrected chi connectivity index (χ1v) is 8.92. The Morgan fingerprint density at radius 3 is 2.28 bits per heavy atom. The Kier molecular flexibility index (Phi) is 6.42. The molecule has 1 fully saturated rings. The predicted octanol–water partition coefficient (Wildman–Crippen LogP) is 3.18. The molecule has 0 aromatic heterocycles. The molecule has 1 aliphatic heterocycles. The molecule has 0 aliphatic carbocycles. The molecule has 25 heavy (non-hydrogen) atoms. The number of ether oxygens (including phenoxy) is 1. The lowest BCUT2D eigenvalue weighted by Crippen LogP contribution is -2.44. The molecule has 0 spiro atoms. The maximum atomic E-state index is 12.7. The van der Waals surface area contributed by atoms with Crippen LogP contribution in [0.25, 0.3) is 0 Å². The molecule has 1 aromatic carbocycles. The molecule has 0 bridgehead atoms. The van der Waals surface area contributed by atoms with Crippen LogP contribution in [0.5, 0.6) is 0 Å². The van der Waals surface area contributed by atoms with Crippen molar-refractivity contribution < 1.29 is 14.3 Å². The standard InChI is InChI=1S/C19H29N3O3/c1-5-22(21-12-6-7-13-21)17(23)16-10-8-15(9-11-16)14-20-18(24)25-19(2,3)4/h8-11H,5-7,12-14H2,1-4H3,(H,20,24). The van der Waals surface area contributed by atoms with Crippen molar-refractivity contribution >= 4 is 12.0 Å². The van der Waals surface area contributed by atoms with E-state index in [4.69, 9.17) is 4.74 Å². The van der Waals surface area contributed by atoms with Crippen molar-refractivity contribution in [3.8, 4) is 0 Å². The van der Waals surface area contributed by atoms with Gasteiger partial charge < -0.3 is 10.1 Å². The van der Waals surface area contributed by atoms with Crippen LogP contribution in [-0.2, 0) is 11.3 Å². The molecule has 0 atom stereocenters. The highest BCUT2D eigenvalue weighted by atomic mass is 16.6. The van der Waals surface area contributed by atoms with Crippen LogP contribution in [0, 0.1) is 0 Å². The first-order valence-electron chi connectivity index (χ1n) is 8.92. The van der Waals surface area contributed by atoms with Crippen molar-refractivity contribution in [2.45, 2.75) is 52.7 Å². The van der Waals surface area contributed by atoms with Crippen LogP contribution in [0.4, 0.5) is 4.79 Å². The molecule has 6 heteroatoms. The van der Waals surface area contributed by atoms with E-state index in [1.807, 2.05) is 57.0 Å². The van der Waals surface area contributed by atoms with E-state index in [1.54, 1.807) is 0 Å². The molecule has 0 saturated carbocycles. The summed E-state index contributed by atoms with van der Waals surface area (Å²) in [5.74, 6) is 0.0241. The summed E-state index contributed by atoms with van der Waals surface area (Å²) < 4.78 is 5.21. The van der Waals surface area contributed by atoms with E-state index in [0.29, 0.717) is 18.7 Å². The van der Waals surface area contributed by atoms with Crippen LogP contribution in [0.15, 0.2) is 24.3 Å². The van der Waals surface area contributed by atoms with Gasteiger partial charge in [0.1, 0.15) is 5.60 Å². The SMILES string of the molecule is CCN(C(=O)c1ccc(CNC(=O)OC(C)(C)C)cc1)N1CCCC1. The minimum atomic E-state index is -0.514. The topological polar surface area (TPSA) is 61.9 Å². The molecule has 1 saturated heterocycles. The lowest BCUT2D eigenvalue weighted by atomic mass is 10.1. The second-order valence-corrected chi connectivity index (χ2v) is 7.23. The summed E-state index contributed by atoms with van der Waals surface area (Å²) in [6.07, 6.45) is 1.83. The highest BCUT2D eigenvalue weighted by Gasteiger charge is 2.23. The number of carbonyl (C=O) groups is 2. The van der Waals surface area contributed by atoms with Gasteiger partial charge in [0, 0.05) is 31.7 Å². The number of benzene rings is 1. The summed E-state index contributed by atoms with van der Waals surface area (Å²) in [4.78, 5) is 24.4. The Morgan fingerprint density at radius 2 is 1.76 bits per heavy atom. The molecular formula is C19H29N3O3. The molecule has 1 aromatic rings. The third kappa shape index (κ3) is 5.74. The number of nitrogens with one attached hydrogen (secondary N) is 1. The minimum absolute atomic E-state index is 0.0241. The number of hydrogen-bond donors (Lipinski definition) is 1. The summed E-state index contributed by atoms with van der Waals surface area (Å²) >= 11 is 0. The maximum absolute atomic E-state index is 12.7. The van der Waals surface area contributed by atoms with E-state index in [-0.39, 0.29) is 5.91 Å². The van der Waals surface area contributed by atoms with Gasteiger partial charge in [-0.15, -0.1) is 0 Å². The normalized spacial score (nSPS) is 15.0. The van der Waals surface area contributed by atoms with Crippen LogP contribution < -0.4 is 5.32 Å². The molecule has 2 rings (SSSR count). The highest BCUT2D eigenvalue weighted by Crippen LogP contribution is 2.15. The van der Waals surface area contributed by atoms with Gasteiger partial charge in [-0.2, -0.15) is 0 Å². The lowest BCUT2D eigenvalue weighted by molar-refractivity contribution is 0.00734. The quantitative estimate of drug-likeness (QED) is 0.889. The fourth-order valence-corrected chi connectivity index (χ4v) is 2.82. The number of alkyl carbamates (subject to hydrolysis) is 1. The number of carbonyl (C=O) groups excluding carboxylic acids is 2. The van der Waals surface area contributed by atoms with Gasteiger partial charge in [-0.05, 0) is 58.2 Å². The van der Waals surface area contributed by atoms with Crippen LogP contribution >= 0.6 is 0 Å². The Morgan fingerprint density at radius 1 is 1.16 bits per heavy atom. The zero-order valence-electron chi connectivity index (χ0n) is 15.7. The van der Waals surface area contributed by atoms with E-state index in [2.05, 4.69) is 10.3 Å². The summed E-state index contributed by atoms with van der Waals surface area (Å²) in [6, 6.07) is 7.35. The van der Waals surface area contributed by atoms with Crippen LogP contribution in [0.1, 0.15) is 56.5 Å². The van der Waals surface area contributed by atoms with Crippen molar-refractivity contribution in [3.63, 3.8) is 0 Å². The number of amides is 2. The number of nitrogens with zero attached hydrogens (tertiary/aromatic N) is 2. The summed E-state index contributed by atoms with van der Waals surface area (Å²) in [5.41, 5.74) is 1.07. The van der Waals surface area contributed by atoms with E-state index in [1.165, 1.54) is 0 Å². The average Bonchev–Trinajstić information content (AvgIpc) is 3.06. The van der Waals surface area contributed by atoms with E-state index in [9.17, 15) is 9.59 Å². The molecule has 0 unspecified atom stereocenters. The Labute approximate surface area is 150 Å². The van der Waals surface area contributed by atoms with Crippen LogP contribution in [-0.4, -0.2) is 47.3 Å². The monoisotopic (exact) mass is 347 g/mol. The maximum Gasteiger partial charge on any atom is 0.407 e. The van der Waals surface area contributed by atoms with Crippen molar-refractivity contribution in [1.82, 2.24) is 15.3 Å². The Balaban J connectivity index is 1.92. The van der Waals surface area contributed by atoms with Crippen molar-refractivity contribution in [2.75, 3.05) is 19.6 Å². The molecule has 1 aliphatic rings. The third-order valence-corrected chi connectivity index (χ3v) is 3.99. The molecule has 0 radical (unpaired) electrons. The fraction of sp³-hybridized carbons (Fsp3) is 0.579. The van der Waals surface area contributed by atoms with Gasteiger partial charge in [-0.3, -0.25) is 9.80 Å². The summed E-state index contributed by atoms with van der Waals surface area (Å²) in [5, 5.41) is 6.66. The van der Waals surface area contributed by atoms with Gasteiger partial charge in [0.05, 0.1) is 0 Å². The Bertz CT molecular complexity index is 587. The highest BCUT2D eigenvalue weighted by molar-refractivity contribution is 5.93. The minimum Gasteiger partial charge on any atom is -0.444 e. The second-order valence-electron chi connectivity index (χ2n) is 7.23. The fourth-order valence-electron chi connectivity index (χ4n) is 2.82. The largest absolute Gasteiger partial charge is 0.444 e. The average molecular weight is 347 g/mol. The van der Waals surface area contributed by atoms with Gasteiger partial charge in [0.25, 0.3) is 5.91 Å². The number of hydrazine groups is 1. The second kappa shape index (κ2) is 8.34. The molecule has 1 heterocycles. The number of hydrogen-bond acceptors (Lipinski definition) is 4. The van der Waals surface area contributed by atoms with Crippen LogP contribution in [0.3, 0.4) is 0 Å². The summed E-state index contributed by atoms with van der Waals surface area (Å²) in [6.45, 7) is 10.4. The van der Waals surface area contributed by atoms with Crippen molar-refractivity contribution in [2.24, 2.45) is 0 Å². The zero-order chi connectivity index (χ0) is 18.4. The lowest BCUT2D eigenvalue weighted by Gasteiger charge is -2.30. The third-order valence-electron chi connectivity index (χ3n) is 3.99. The van der Waals surface area contributed by atoms with Gasteiger partial charge >= 0.3 is 6.09 Å². The van der Waals surface area contributed by atoms with E-state index >= 15 is 0 Å². The molecule has 1 N–H and O–H groups in total. The van der Waals surface area contributed by atoms with Gasteiger partial charge in [0.15, 0.2) is 0 Å².